The zero-order valence-electron chi connectivity index (χ0n) is 10.2. The molecule has 0 aromatic rings. The smallest absolute Gasteiger partial charge is 0.304 e. The van der Waals surface area contributed by atoms with Crippen LogP contribution >= 0.6 is 0 Å². The summed E-state index contributed by atoms with van der Waals surface area (Å²) in [7, 11) is 0. The molecule has 0 radical (unpaired) electrons. The molecule has 1 saturated heterocycles. The van der Waals surface area contributed by atoms with Crippen molar-refractivity contribution in [3.8, 4) is 0 Å². The Bertz CT molecular complexity index is 251. The minimum absolute atomic E-state index is 0.269. The molecular formula is C13H23NO2. The Hall–Kier alpha value is -0.570. The molecule has 1 N–H and O–H groups in total. The molecule has 1 unspecified atom stereocenters. The Morgan fingerprint density at radius 2 is 1.94 bits per heavy atom. The second kappa shape index (κ2) is 4.74. The highest BCUT2D eigenvalue weighted by atomic mass is 16.4. The van der Waals surface area contributed by atoms with Crippen molar-refractivity contribution in [3.63, 3.8) is 0 Å². The Morgan fingerprint density at radius 3 is 2.44 bits per heavy atom. The summed E-state index contributed by atoms with van der Waals surface area (Å²) >= 11 is 0. The van der Waals surface area contributed by atoms with Crippen LogP contribution < -0.4 is 0 Å². The zero-order chi connectivity index (χ0) is 11.6. The molecule has 2 fully saturated rings. The Kier molecular flexibility index (Phi) is 3.53. The van der Waals surface area contributed by atoms with Crippen molar-refractivity contribution in [1.29, 1.82) is 0 Å². The summed E-state index contributed by atoms with van der Waals surface area (Å²) in [6.45, 7) is 4.40. The molecule has 16 heavy (non-hydrogen) atoms. The van der Waals surface area contributed by atoms with Crippen molar-refractivity contribution in [2.24, 2.45) is 5.41 Å². The number of hydrogen-bond donors (Lipinski definition) is 1. The first kappa shape index (κ1) is 11.9. The molecule has 0 bridgehead atoms. The van der Waals surface area contributed by atoms with Gasteiger partial charge in [0.15, 0.2) is 0 Å². The van der Waals surface area contributed by atoms with Gasteiger partial charge in [0, 0.05) is 19.1 Å². The lowest BCUT2D eigenvalue weighted by Gasteiger charge is -2.55. The fourth-order valence-electron chi connectivity index (χ4n) is 3.42. The minimum atomic E-state index is -0.656. The van der Waals surface area contributed by atoms with Crippen LogP contribution in [-0.4, -0.2) is 35.1 Å². The van der Waals surface area contributed by atoms with E-state index in [1.165, 1.54) is 32.1 Å². The van der Waals surface area contributed by atoms with Gasteiger partial charge in [0.1, 0.15) is 0 Å². The lowest BCUT2D eigenvalue weighted by atomic mass is 9.68. The van der Waals surface area contributed by atoms with Gasteiger partial charge in [-0.3, -0.25) is 9.69 Å². The highest BCUT2D eigenvalue weighted by molar-refractivity contribution is 5.67. The molecule has 2 rings (SSSR count). The Labute approximate surface area is 97.8 Å². The molecule has 92 valence electrons. The van der Waals surface area contributed by atoms with Crippen LogP contribution in [0.4, 0.5) is 0 Å². The fourth-order valence-corrected chi connectivity index (χ4v) is 3.42. The summed E-state index contributed by atoms with van der Waals surface area (Å²) < 4.78 is 0. The molecule has 0 aromatic heterocycles. The number of carboxylic acid groups (broad SMARTS) is 1. The lowest BCUT2D eigenvalue weighted by molar-refractivity contribution is -0.140. The first-order valence-corrected chi connectivity index (χ1v) is 6.61. The molecule has 1 saturated carbocycles. The van der Waals surface area contributed by atoms with Gasteiger partial charge < -0.3 is 5.11 Å². The summed E-state index contributed by atoms with van der Waals surface area (Å²) in [6.07, 6.45) is 8.16. The normalized spacial score (nSPS) is 26.3. The SMILES string of the molecule is CCC(CC(=O)O)N1CC2(CCCCC2)C1. The summed E-state index contributed by atoms with van der Waals surface area (Å²) in [4.78, 5) is 13.1. The zero-order valence-corrected chi connectivity index (χ0v) is 10.2. The van der Waals surface area contributed by atoms with Crippen molar-refractivity contribution in [1.82, 2.24) is 4.90 Å². The standard InChI is InChI=1S/C13H23NO2/c1-2-11(8-12(15)16)14-9-13(10-14)6-4-3-5-7-13/h11H,2-10H2,1H3,(H,15,16). The molecule has 1 heterocycles. The van der Waals surface area contributed by atoms with Crippen LogP contribution in [0.1, 0.15) is 51.9 Å². The van der Waals surface area contributed by atoms with Gasteiger partial charge >= 0.3 is 5.97 Å². The molecule has 3 nitrogen and oxygen atoms in total. The minimum Gasteiger partial charge on any atom is -0.481 e. The van der Waals surface area contributed by atoms with E-state index in [2.05, 4.69) is 11.8 Å². The fraction of sp³-hybridized carbons (Fsp3) is 0.923. The molecule has 3 heteroatoms. The second-order valence-corrected chi connectivity index (χ2v) is 5.63. The van der Waals surface area contributed by atoms with Crippen LogP contribution in [0.2, 0.25) is 0 Å². The van der Waals surface area contributed by atoms with Gasteiger partial charge in [0.25, 0.3) is 0 Å². The third-order valence-electron chi connectivity index (χ3n) is 4.39. The highest BCUT2D eigenvalue weighted by Crippen LogP contribution is 2.45. The lowest BCUT2D eigenvalue weighted by Crippen LogP contribution is -2.60. The third kappa shape index (κ3) is 2.40. The molecular weight excluding hydrogens is 202 g/mol. The van der Waals surface area contributed by atoms with E-state index in [0.717, 1.165) is 19.5 Å². The quantitative estimate of drug-likeness (QED) is 0.799. The number of carboxylic acids is 1. The average molecular weight is 225 g/mol. The van der Waals surface area contributed by atoms with E-state index in [1.807, 2.05) is 0 Å². The van der Waals surface area contributed by atoms with E-state index in [0.29, 0.717) is 11.8 Å². The van der Waals surface area contributed by atoms with Gasteiger partial charge in [0.2, 0.25) is 0 Å². The number of carbonyl (C=O) groups is 1. The number of aliphatic carboxylic acids is 1. The molecule has 2 aliphatic rings. The monoisotopic (exact) mass is 225 g/mol. The van der Waals surface area contributed by atoms with Gasteiger partial charge in [-0.1, -0.05) is 26.2 Å². The van der Waals surface area contributed by atoms with E-state index in [9.17, 15) is 4.79 Å². The second-order valence-electron chi connectivity index (χ2n) is 5.63. The topological polar surface area (TPSA) is 40.5 Å². The first-order valence-electron chi connectivity index (χ1n) is 6.61. The maximum atomic E-state index is 10.8. The average Bonchev–Trinajstić information content (AvgIpc) is 2.23. The Balaban J connectivity index is 1.83. The van der Waals surface area contributed by atoms with Crippen LogP contribution in [-0.2, 0) is 4.79 Å². The molecule has 1 aliphatic heterocycles. The number of likely N-dealkylation sites (tertiary alicyclic amines) is 1. The van der Waals surface area contributed by atoms with Gasteiger partial charge in [-0.05, 0) is 24.7 Å². The van der Waals surface area contributed by atoms with Gasteiger partial charge in [-0.2, -0.15) is 0 Å². The molecule has 1 aliphatic carbocycles. The molecule has 1 atom stereocenters. The van der Waals surface area contributed by atoms with Crippen molar-refractivity contribution in [3.05, 3.63) is 0 Å². The summed E-state index contributed by atoms with van der Waals surface area (Å²) in [5.74, 6) is -0.656. The Morgan fingerprint density at radius 1 is 1.31 bits per heavy atom. The first-order chi connectivity index (χ1) is 7.65. The van der Waals surface area contributed by atoms with Gasteiger partial charge in [0.05, 0.1) is 6.42 Å². The maximum Gasteiger partial charge on any atom is 0.304 e. The van der Waals surface area contributed by atoms with Gasteiger partial charge in [-0.25, -0.2) is 0 Å². The summed E-state index contributed by atoms with van der Waals surface area (Å²) in [5, 5.41) is 8.86. The number of hydrogen-bond acceptors (Lipinski definition) is 2. The maximum absolute atomic E-state index is 10.8. The summed E-state index contributed by atoms with van der Waals surface area (Å²) in [5.41, 5.74) is 0.574. The number of nitrogens with zero attached hydrogens (tertiary/aromatic N) is 1. The molecule has 0 aromatic carbocycles. The number of rotatable bonds is 4. The van der Waals surface area contributed by atoms with E-state index >= 15 is 0 Å². The van der Waals surface area contributed by atoms with Crippen LogP contribution in [0.5, 0.6) is 0 Å². The van der Waals surface area contributed by atoms with E-state index < -0.39 is 5.97 Å². The predicted octanol–water partition coefficient (Wildman–Crippen LogP) is 2.51. The summed E-state index contributed by atoms with van der Waals surface area (Å²) in [6, 6.07) is 0.269. The van der Waals surface area contributed by atoms with Gasteiger partial charge in [-0.15, -0.1) is 0 Å². The third-order valence-corrected chi connectivity index (χ3v) is 4.39. The largest absolute Gasteiger partial charge is 0.481 e. The van der Waals surface area contributed by atoms with Crippen LogP contribution in [0, 0.1) is 5.41 Å². The van der Waals surface area contributed by atoms with E-state index in [4.69, 9.17) is 5.11 Å². The van der Waals surface area contributed by atoms with E-state index in [1.54, 1.807) is 0 Å². The molecule has 0 amide bonds. The van der Waals surface area contributed by atoms with Crippen LogP contribution in [0.15, 0.2) is 0 Å². The van der Waals surface area contributed by atoms with E-state index in [-0.39, 0.29) is 6.04 Å². The highest BCUT2D eigenvalue weighted by Gasteiger charge is 2.45. The van der Waals surface area contributed by atoms with Crippen LogP contribution in [0.25, 0.3) is 0 Å². The van der Waals surface area contributed by atoms with Crippen LogP contribution in [0.3, 0.4) is 0 Å². The van der Waals surface area contributed by atoms with Crippen molar-refractivity contribution in [2.45, 2.75) is 57.9 Å². The predicted molar refractivity (Wildman–Crippen MR) is 63.4 cm³/mol. The van der Waals surface area contributed by atoms with Crippen molar-refractivity contribution in [2.75, 3.05) is 13.1 Å². The van der Waals surface area contributed by atoms with Crippen molar-refractivity contribution < 1.29 is 9.90 Å². The molecule has 1 spiro atoms. The van der Waals surface area contributed by atoms with Crippen molar-refractivity contribution >= 4 is 5.97 Å².